The second kappa shape index (κ2) is 6.57. The van der Waals surface area contributed by atoms with Crippen molar-refractivity contribution in [3.63, 3.8) is 0 Å². The topological polar surface area (TPSA) is 61.1 Å². The summed E-state index contributed by atoms with van der Waals surface area (Å²) in [6, 6.07) is 19.3. The molecule has 4 aromatic rings. The lowest BCUT2D eigenvalue weighted by molar-refractivity contribution is 0.0971. The fourth-order valence-electron chi connectivity index (χ4n) is 2.90. The van der Waals surface area contributed by atoms with Gasteiger partial charge in [0, 0.05) is 5.56 Å². The van der Waals surface area contributed by atoms with E-state index in [1.165, 1.54) is 15.9 Å². The highest BCUT2D eigenvalue weighted by Gasteiger charge is 2.17. The molecule has 0 N–H and O–H groups in total. The van der Waals surface area contributed by atoms with Crippen LogP contribution in [0.5, 0.6) is 0 Å². The average molecular weight is 362 g/mol. The summed E-state index contributed by atoms with van der Waals surface area (Å²) < 4.78 is 2.95. The van der Waals surface area contributed by atoms with Gasteiger partial charge in [0.2, 0.25) is 0 Å². The number of ketones is 1. The Morgan fingerprint density at radius 2 is 1.54 bits per heavy atom. The van der Waals surface area contributed by atoms with Crippen LogP contribution in [-0.2, 0) is 6.54 Å². The first-order valence-electron chi connectivity index (χ1n) is 8.03. The quantitative estimate of drug-likeness (QED) is 0.524. The Labute approximate surface area is 152 Å². The third kappa shape index (κ3) is 2.70. The number of hydrogen-bond acceptors (Lipinski definition) is 4. The highest BCUT2D eigenvalue weighted by Crippen LogP contribution is 2.17. The SMILES string of the molecule is O=C(Cn1c(=O)n(-c2ccccc2)c(=O)c2sccc21)c1ccccc1. The summed E-state index contributed by atoms with van der Waals surface area (Å²) in [5, 5.41) is 1.75. The van der Waals surface area contributed by atoms with Crippen LogP contribution in [0.15, 0.2) is 81.7 Å². The Balaban J connectivity index is 1.93. The van der Waals surface area contributed by atoms with Crippen LogP contribution in [0.3, 0.4) is 0 Å². The van der Waals surface area contributed by atoms with Crippen LogP contribution < -0.4 is 11.2 Å². The molecule has 0 saturated heterocycles. The second-order valence-corrected chi connectivity index (χ2v) is 6.69. The highest BCUT2D eigenvalue weighted by molar-refractivity contribution is 7.17. The third-order valence-electron chi connectivity index (χ3n) is 4.17. The first-order chi connectivity index (χ1) is 12.7. The molecule has 0 amide bonds. The number of hydrogen-bond donors (Lipinski definition) is 0. The van der Waals surface area contributed by atoms with Crippen molar-refractivity contribution in [3.8, 4) is 5.69 Å². The number of para-hydroxylation sites is 1. The molecule has 2 heterocycles. The van der Waals surface area contributed by atoms with Crippen molar-refractivity contribution < 1.29 is 4.79 Å². The molecule has 2 aromatic carbocycles. The summed E-state index contributed by atoms with van der Waals surface area (Å²) in [5.41, 5.74) is 0.617. The van der Waals surface area contributed by atoms with Crippen LogP contribution in [-0.4, -0.2) is 14.9 Å². The van der Waals surface area contributed by atoms with Crippen LogP contribution in [0.4, 0.5) is 0 Å². The van der Waals surface area contributed by atoms with Gasteiger partial charge in [-0.3, -0.25) is 14.2 Å². The minimum absolute atomic E-state index is 0.122. The van der Waals surface area contributed by atoms with Crippen molar-refractivity contribution >= 4 is 27.3 Å². The zero-order valence-corrected chi connectivity index (χ0v) is 14.5. The van der Waals surface area contributed by atoms with E-state index >= 15 is 0 Å². The van der Waals surface area contributed by atoms with E-state index in [-0.39, 0.29) is 17.9 Å². The molecule has 128 valence electrons. The van der Waals surface area contributed by atoms with E-state index in [1.807, 2.05) is 12.1 Å². The van der Waals surface area contributed by atoms with Gasteiger partial charge in [-0.15, -0.1) is 11.3 Å². The number of thiophene rings is 1. The highest BCUT2D eigenvalue weighted by atomic mass is 32.1. The van der Waals surface area contributed by atoms with E-state index in [4.69, 9.17) is 0 Å². The molecule has 0 atom stereocenters. The number of rotatable bonds is 4. The van der Waals surface area contributed by atoms with E-state index in [0.717, 1.165) is 4.57 Å². The average Bonchev–Trinajstić information content (AvgIpc) is 3.17. The number of carbonyl (C=O) groups excluding carboxylic acids is 1. The molecule has 0 radical (unpaired) electrons. The van der Waals surface area contributed by atoms with Gasteiger partial charge >= 0.3 is 5.69 Å². The zero-order chi connectivity index (χ0) is 18.1. The fourth-order valence-corrected chi connectivity index (χ4v) is 3.73. The summed E-state index contributed by atoms with van der Waals surface area (Å²) >= 11 is 1.26. The molecule has 26 heavy (non-hydrogen) atoms. The maximum absolute atomic E-state index is 13.0. The van der Waals surface area contributed by atoms with Gasteiger partial charge < -0.3 is 0 Å². The molecule has 0 spiro atoms. The van der Waals surface area contributed by atoms with Gasteiger partial charge in [-0.25, -0.2) is 9.36 Å². The molecule has 0 fully saturated rings. The van der Waals surface area contributed by atoms with Gasteiger partial charge in [-0.1, -0.05) is 48.5 Å². The van der Waals surface area contributed by atoms with Crippen LogP contribution in [0, 0.1) is 0 Å². The minimum Gasteiger partial charge on any atom is -0.292 e. The van der Waals surface area contributed by atoms with Gasteiger partial charge in [0.05, 0.1) is 17.7 Å². The molecule has 0 unspecified atom stereocenters. The van der Waals surface area contributed by atoms with Crippen molar-refractivity contribution in [1.29, 1.82) is 0 Å². The second-order valence-electron chi connectivity index (χ2n) is 5.77. The minimum atomic E-state index is -0.517. The molecule has 0 aliphatic carbocycles. The van der Waals surface area contributed by atoms with Crippen LogP contribution in [0.1, 0.15) is 10.4 Å². The number of nitrogens with zero attached hydrogens (tertiary/aromatic N) is 2. The third-order valence-corrected chi connectivity index (χ3v) is 5.06. The Hall–Kier alpha value is -3.25. The first-order valence-corrected chi connectivity index (χ1v) is 8.91. The van der Waals surface area contributed by atoms with Crippen molar-refractivity contribution in [1.82, 2.24) is 9.13 Å². The molecule has 4 rings (SSSR count). The van der Waals surface area contributed by atoms with Gasteiger partial charge in [0.1, 0.15) is 4.70 Å². The van der Waals surface area contributed by atoms with Gasteiger partial charge in [0.25, 0.3) is 5.56 Å². The summed E-state index contributed by atoms with van der Waals surface area (Å²) in [6.07, 6.45) is 0. The standard InChI is InChI=1S/C20H14N2O3S/c23-17(14-7-3-1-4-8-14)13-21-16-11-12-26-18(16)19(24)22(20(21)25)15-9-5-2-6-10-15/h1-12H,13H2. The lowest BCUT2D eigenvalue weighted by Crippen LogP contribution is -2.39. The summed E-state index contributed by atoms with van der Waals surface area (Å²) in [6.45, 7) is -0.122. The summed E-state index contributed by atoms with van der Waals surface area (Å²) in [7, 11) is 0. The van der Waals surface area contributed by atoms with E-state index in [0.29, 0.717) is 21.5 Å². The lowest BCUT2D eigenvalue weighted by Gasteiger charge is -2.11. The Morgan fingerprint density at radius 1 is 0.885 bits per heavy atom. The van der Waals surface area contributed by atoms with Crippen molar-refractivity contribution in [2.24, 2.45) is 0 Å². The van der Waals surface area contributed by atoms with Crippen LogP contribution in [0.25, 0.3) is 15.9 Å². The normalized spacial score (nSPS) is 10.9. The number of carbonyl (C=O) groups is 1. The molecule has 0 aliphatic rings. The van der Waals surface area contributed by atoms with Gasteiger partial charge in [-0.2, -0.15) is 0 Å². The first kappa shape index (κ1) is 16.2. The smallest absolute Gasteiger partial charge is 0.292 e. The number of aromatic nitrogens is 2. The van der Waals surface area contributed by atoms with E-state index < -0.39 is 5.69 Å². The van der Waals surface area contributed by atoms with Crippen molar-refractivity contribution in [3.05, 3.63) is 98.5 Å². The van der Waals surface area contributed by atoms with Crippen LogP contribution in [0.2, 0.25) is 0 Å². The number of fused-ring (bicyclic) bond motifs is 1. The van der Waals surface area contributed by atoms with Gasteiger partial charge in [0.15, 0.2) is 5.78 Å². The van der Waals surface area contributed by atoms with E-state index in [1.54, 1.807) is 60.0 Å². The lowest BCUT2D eigenvalue weighted by atomic mass is 10.1. The fraction of sp³-hybridized carbons (Fsp3) is 0.0500. The Bertz CT molecular complexity index is 1200. The molecule has 0 aliphatic heterocycles. The molecule has 2 aromatic heterocycles. The number of benzene rings is 2. The molecule has 5 nitrogen and oxygen atoms in total. The van der Waals surface area contributed by atoms with E-state index in [2.05, 4.69) is 0 Å². The molecule has 0 saturated carbocycles. The summed E-state index contributed by atoms with van der Waals surface area (Å²) in [5.74, 6) is -0.182. The van der Waals surface area contributed by atoms with E-state index in [9.17, 15) is 14.4 Å². The summed E-state index contributed by atoms with van der Waals surface area (Å²) in [4.78, 5) is 38.5. The van der Waals surface area contributed by atoms with Gasteiger partial charge in [-0.05, 0) is 23.6 Å². The number of Topliss-reactive ketones (excluding diaryl/α,β-unsaturated/α-hetero) is 1. The monoisotopic (exact) mass is 362 g/mol. The Morgan fingerprint density at radius 3 is 2.23 bits per heavy atom. The van der Waals surface area contributed by atoms with Crippen molar-refractivity contribution in [2.75, 3.05) is 0 Å². The van der Waals surface area contributed by atoms with Crippen LogP contribution >= 0.6 is 11.3 Å². The molecule has 0 bridgehead atoms. The maximum Gasteiger partial charge on any atom is 0.336 e. The maximum atomic E-state index is 13.0. The Kier molecular flexibility index (Phi) is 4.10. The predicted molar refractivity (Wildman–Crippen MR) is 102 cm³/mol. The molecular formula is C20H14N2O3S. The zero-order valence-electron chi connectivity index (χ0n) is 13.7. The molecular weight excluding hydrogens is 348 g/mol. The largest absolute Gasteiger partial charge is 0.336 e. The van der Waals surface area contributed by atoms with Crippen molar-refractivity contribution in [2.45, 2.75) is 6.54 Å². The predicted octanol–water partition coefficient (Wildman–Crippen LogP) is 3.10. The molecule has 6 heteroatoms.